The summed E-state index contributed by atoms with van der Waals surface area (Å²) in [7, 11) is 0. The summed E-state index contributed by atoms with van der Waals surface area (Å²) in [5.41, 5.74) is 20.7. The second kappa shape index (κ2) is 13.4. The lowest BCUT2D eigenvalue weighted by molar-refractivity contribution is 0.660. The lowest BCUT2D eigenvalue weighted by Gasteiger charge is -2.21. The van der Waals surface area contributed by atoms with Crippen molar-refractivity contribution in [1.29, 1.82) is 0 Å². The summed E-state index contributed by atoms with van der Waals surface area (Å²) in [5, 5.41) is 4.92. The first-order valence-electron chi connectivity index (χ1n) is 21.2. The summed E-state index contributed by atoms with van der Waals surface area (Å²) in [4.78, 5) is 0. The van der Waals surface area contributed by atoms with Gasteiger partial charge in [0.1, 0.15) is 0 Å². The van der Waals surface area contributed by atoms with E-state index in [1.54, 1.807) is 0 Å². The van der Waals surface area contributed by atoms with Crippen molar-refractivity contribution in [3.8, 4) is 55.9 Å². The average molecular weight is 779 g/mol. The minimum atomic E-state index is -0.0379. The quantitative estimate of drug-likeness (QED) is 0.159. The van der Waals surface area contributed by atoms with E-state index in [-0.39, 0.29) is 5.41 Å². The minimum Gasteiger partial charge on any atom is -0.309 e. The van der Waals surface area contributed by atoms with Crippen molar-refractivity contribution < 1.29 is 0 Å². The molecule has 0 fully saturated rings. The second-order valence-electron chi connectivity index (χ2n) is 17.0. The highest BCUT2D eigenvalue weighted by molar-refractivity contribution is 6.13. The molecule has 0 saturated carbocycles. The molecule has 0 bridgehead atoms. The molecule has 0 N–H and O–H groups in total. The van der Waals surface area contributed by atoms with Gasteiger partial charge in [-0.25, -0.2) is 0 Å². The molecule has 1 aliphatic carbocycles. The number of hydrogen-bond acceptors (Lipinski definition) is 0. The van der Waals surface area contributed by atoms with Gasteiger partial charge in [0.15, 0.2) is 0 Å². The Morgan fingerprint density at radius 3 is 1.56 bits per heavy atom. The van der Waals surface area contributed by atoms with Gasteiger partial charge >= 0.3 is 0 Å². The molecule has 0 aliphatic heterocycles. The molecule has 0 spiro atoms. The third-order valence-electron chi connectivity index (χ3n) is 13.2. The third kappa shape index (κ3) is 5.42. The highest BCUT2D eigenvalue weighted by Gasteiger charge is 2.35. The Hall–Kier alpha value is -7.68. The highest BCUT2D eigenvalue weighted by atomic mass is 15.0. The molecule has 2 heteroatoms. The Morgan fingerprint density at radius 2 is 0.885 bits per heavy atom. The van der Waals surface area contributed by atoms with Crippen LogP contribution >= 0.6 is 0 Å². The normalized spacial score (nSPS) is 13.0. The van der Waals surface area contributed by atoms with Crippen molar-refractivity contribution in [2.24, 2.45) is 0 Å². The van der Waals surface area contributed by atoms with Crippen LogP contribution in [0.2, 0.25) is 0 Å². The molecule has 9 aromatic carbocycles. The largest absolute Gasteiger partial charge is 0.309 e. The van der Waals surface area contributed by atoms with Crippen LogP contribution in [0.3, 0.4) is 0 Å². The van der Waals surface area contributed by atoms with Gasteiger partial charge in [-0.15, -0.1) is 0 Å². The molecule has 0 atom stereocenters. The van der Waals surface area contributed by atoms with E-state index in [4.69, 9.17) is 0 Å². The molecule has 2 nitrogen and oxygen atoms in total. The maximum atomic E-state index is 4.13. The SMILES string of the molecule is C=Cc1ccc2c(c1)c1cc(-c3ccc4c(c3)c3ccccc3n4-c3cc(-c4ccccc4)cc(-c4ccccc4)c3)ccc1n2-c1ccc2c(c1)-c1ccccc1C2(C)C. The molecule has 11 aromatic rings. The maximum Gasteiger partial charge on any atom is 0.0541 e. The van der Waals surface area contributed by atoms with Gasteiger partial charge in [-0.2, -0.15) is 0 Å². The fraction of sp³-hybridized carbons (Fsp3) is 0.0508. The van der Waals surface area contributed by atoms with Crippen LogP contribution in [0, 0.1) is 0 Å². The zero-order valence-electron chi connectivity index (χ0n) is 34.2. The molecule has 0 unspecified atom stereocenters. The maximum absolute atomic E-state index is 4.13. The fourth-order valence-electron chi connectivity index (χ4n) is 10.2. The minimum absolute atomic E-state index is 0.0379. The van der Waals surface area contributed by atoms with Crippen molar-refractivity contribution in [3.05, 3.63) is 223 Å². The summed E-state index contributed by atoms with van der Waals surface area (Å²) >= 11 is 0. The van der Waals surface area contributed by atoms with E-state index < -0.39 is 0 Å². The predicted molar refractivity (Wildman–Crippen MR) is 259 cm³/mol. The predicted octanol–water partition coefficient (Wildman–Crippen LogP) is 15.8. The van der Waals surface area contributed by atoms with Crippen LogP contribution < -0.4 is 0 Å². The van der Waals surface area contributed by atoms with Gasteiger partial charge in [-0.3, -0.25) is 0 Å². The van der Waals surface area contributed by atoms with E-state index in [1.165, 1.54) is 105 Å². The number of fused-ring (bicyclic) bond motifs is 9. The standard InChI is InChI=1S/C59H42N2/c1-4-38-23-28-56-50(31-38)52-36-42(25-30-58(52)60(56)45-26-27-54-49(37-45)47-19-11-13-21-53(47)59(54,2)3)41-24-29-57-51(35-41)48-20-12-14-22-55(48)61(57)46-33-43(39-15-7-5-8-16-39)32-44(34-46)40-17-9-6-10-18-40/h4-37H,1H2,2-3H3. The number of para-hydroxylation sites is 1. The van der Waals surface area contributed by atoms with Crippen molar-refractivity contribution in [3.63, 3.8) is 0 Å². The van der Waals surface area contributed by atoms with Gasteiger partial charge in [0.05, 0.1) is 22.1 Å². The first kappa shape index (κ1) is 35.3. The lowest BCUT2D eigenvalue weighted by atomic mass is 9.82. The lowest BCUT2D eigenvalue weighted by Crippen LogP contribution is -2.14. The van der Waals surface area contributed by atoms with Crippen molar-refractivity contribution in [2.75, 3.05) is 0 Å². The van der Waals surface area contributed by atoms with Crippen LogP contribution in [0.1, 0.15) is 30.5 Å². The van der Waals surface area contributed by atoms with Crippen LogP contribution in [-0.2, 0) is 5.41 Å². The molecular formula is C59H42N2. The zero-order valence-corrected chi connectivity index (χ0v) is 34.2. The first-order valence-corrected chi connectivity index (χ1v) is 21.2. The Labute approximate surface area is 355 Å². The van der Waals surface area contributed by atoms with E-state index in [2.05, 4.69) is 230 Å². The Balaban J connectivity index is 1.03. The van der Waals surface area contributed by atoms with Gasteiger partial charge in [-0.1, -0.05) is 154 Å². The summed E-state index contributed by atoms with van der Waals surface area (Å²) < 4.78 is 4.89. The fourth-order valence-corrected chi connectivity index (χ4v) is 10.2. The number of benzene rings is 9. The molecule has 61 heavy (non-hydrogen) atoms. The van der Waals surface area contributed by atoms with Crippen LogP contribution in [0.25, 0.3) is 106 Å². The number of aromatic nitrogens is 2. The molecule has 0 amide bonds. The van der Waals surface area contributed by atoms with Gasteiger partial charge < -0.3 is 9.13 Å². The van der Waals surface area contributed by atoms with Gasteiger partial charge in [-0.05, 0) is 134 Å². The average Bonchev–Trinajstić information content (AvgIpc) is 3.91. The van der Waals surface area contributed by atoms with Crippen LogP contribution in [-0.4, -0.2) is 9.13 Å². The van der Waals surface area contributed by atoms with Crippen molar-refractivity contribution >= 4 is 49.7 Å². The smallest absolute Gasteiger partial charge is 0.0541 e. The molecule has 0 saturated heterocycles. The summed E-state index contributed by atoms with van der Waals surface area (Å²) in [6, 6.07) is 73.9. The van der Waals surface area contributed by atoms with E-state index >= 15 is 0 Å². The summed E-state index contributed by atoms with van der Waals surface area (Å²) in [6.45, 7) is 8.82. The molecule has 1 aliphatic rings. The third-order valence-corrected chi connectivity index (χ3v) is 13.2. The second-order valence-corrected chi connectivity index (χ2v) is 17.0. The van der Waals surface area contributed by atoms with Gasteiger partial charge in [0.2, 0.25) is 0 Å². The number of rotatable bonds is 6. The molecule has 2 heterocycles. The van der Waals surface area contributed by atoms with Crippen LogP contribution in [0.15, 0.2) is 207 Å². The first-order chi connectivity index (χ1) is 29.9. The number of nitrogens with zero attached hydrogens (tertiary/aromatic N) is 2. The highest BCUT2D eigenvalue weighted by Crippen LogP contribution is 2.49. The monoisotopic (exact) mass is 778 g/mol. The molecule has 0 radical (unpaired) electrons. The van der Waals surface area contributed by atoms with Crippen molar-refractivity contribution in [1.82, 2.24) is 9.13 Å². The van der Waals surface area contributed by atoms with E-state index in [9.17, 15) is 0 Å². The zero-order chi connectivity index (χ0) is 40.8. The Morgan fingerprint density at radius 1 is 0.361 bits per heavy atom. The van der Waals surface area contributed by atoms with Gasteiger partial charge in [0.25, 0.3) is 0 Å². The summed E-state index contributed by atoms with van der Waals surface area (Å²) in [6.07, 6.45) is 1.95. The van der Waals surface area contributed by atoms with Crippen molar-refractivity contribution in [2.45, 2.75) is 19.3 Å². The number of hydrogen-bond donors (Lipinski definition) is 0. The van der Waals surface area contributed by atoms with E-state index in [0.29, 0.717) is 0 Å². The molecular weight excluding hydrogens is 737 g/mol. The summed E-state index contributed by atoms with van der Waals surface area (Å²) in [5.74, 6) is 0. The molecule has 12 rings (SSSR count). The van der Waals surface area contributed by atoms with Crippen LogP contribution in [0.5, 0.6) is 0 Å². The Bertz CT molecular complexity index is 3500. The topological polar surface area (TPSA) is 9.86 Å². The Kier molecular flexibility index (Phi) is 7.76. The van der Waals surface area contributed by atoms with Gasteiger partial charge in [0, 0.05) is 38.3 Å². The molecule has 2 aromatic heterocycles. The van der Waals surface area contributed by atoms with E-state index in [1.807, 2.05) is 6.08 Å². The molecule has 288 valence electrons. The van der Waals surface area contributed by atoms with Crippen LogP contribution in [0.4, 0.5) is 0 Å². The van der Waals surface area contributed by atoms with E-state index in [0.717, 1.165) is 11.3 Å².